The van der Waals surface area contributed by atoms with E-state index >= 15 is 0 Å². The average molecular weight is 851 g/mol. The number of carbonyl (C=O) groups is 5. The molecule has 0 radical (unpaired) electrons. The predicted molar refractivity (Wildman–Crippen MR) is 232 cm³/mol. The van der Waals surface area contributed by atoms with Gasteiger partial charge < -0.3 is 19.1 Å². The van der Waals surface area contributed by atoms with Gasteiger partial charge >= 0.3 is 5.97 Å². The molecule has 15 heteroatoms. The van der Waals surface area contributed by atoms with Gasteiger partial charge in [0.25, 0.3) is 23.6 Å². The van der Waals surface area contributed by atoms with E-state index in [0.717, 1.165) is 16.3 Å². The van der Waals surface area contributed by atoms with Crippen molar-refractivity contribution in [2.24, 2.45) is 22.7 Å². The van der Waals surface area contributed by atoms with E-state index in [0.29, 0.717) is 38.8 Å². The Balaban J connectivity index is 1.54. The zero-order valence-electron chi connectivity index (χ0n) is 37.3. The number of hydrogen-bond acceptors (Lipinski definition) is 12. The van der Waals surface area contributed by atoms with Crippen LogP contribution < -0.4 is 5.32 Å². The van der Waals surface area contributed by atoms with E-state index in [4.69, 9.17) is 19.2 Å². The average Bonchev–Trinajstić information content (AvgIpc) is 3.65. The number of rotatable bonds is 24. The third kappa shape index (κ3) is 12.9. The molecule has 0 bridgehead atoms. The van der Waals surface area contributed by atoms with E-state index in [2.05, 4.69) is 24.2 Å². The lowest BCUT2D eigenvalue weighted by Gasteiger charge is -2.34. The molecule has 0 aliphatic carbocycles. The summed E-state index contributed by atoms with van der Waals surface area (Å²) in [4.78, 5) is 78.8. The van der Waals surface area contributed by atoms with Gasteiger partial charge in [0.1, 0.15) is 35.3 Å². The number of nitrogens with zero attached hydrogens (tertiary/aromatic N) is 5. The minimum Gasteiger partial charge on any atom is -0.456 e. The highest BCUT2D eigenvalue weighted by Gasteiger charge is 2.44. The number of thiazole rings is 1. The number of aromatic nitrogens is 1. The van der Waals surface area contributed by atoms with Crippen LogP contribution in [0.25, 0.3) is 0 Å². The number of likely N-dealkylation sites (N-methyl/N-ethyl adjacent to an activating group) is 1. The van der Waals surface area contributed by atoms with Crippen LogP contribution in [0, 0.1) is 17.8 Å². The van der Waals surface area contributed by atoms with Crippen LogP contribution >= 0.6 is 11.3 Å². The van der Waals surface area contributed by atoms with Gasteiger partial charge in [0.2, 0.25) is 0 Å². The van der Waals surface area contributed by atoms with Crippen molar-refractivity contribution in [3.63, 3.8) is 0 Å². The lowest BCUT2D eigenvalue weighted by Crippen LogP contribution is -2.47. The summed E-state index contributed by atoms with van der Waals surface area (Å²) in [6.07, 6.45) is 3.35. The van der Waals surface area contributed by atoms with Crippen molar-refractivity contribution in [2.75, 3.05) is 34.3 Å². The van der Waals surface area contributed by atoms with E-state index in [1.165, 1.54) is 28.4 Å². The Morgan fingerprint density at radius 1 is 0.967 bits per heavy atom. The number of carbonyl (C=O) groups excluding carboxylic acids is 5. The first-order chi connectivity index (χ1) is 28.5. The van der Waals surface area contributed by atoms with E-state index in [1.807, 2.05) is 89.3 Å². The van der Waals surface area contributed by atoms with Crippen molar-refractivity contribution in [2.45, 2.75) is 130 Å². The van der Waals surface area contributed by atoms with Crippen LogP contribution in [0.4, 0.5) is 0 Å². The molecule has 1 N–H and O–H groups in total. The van der Waals surface area contributed by atoms with E-state index in [-0.39, 0.29) is 83.9 Å². The first kappa shape index (κ1) is 48.5. The molecule has 1 aromatic heterocycles. The third-order valence-corrected chi connectivity index (χ3v) is 12.1. The van der Waals surface area contributed by atoms with Gasteiger partial charge in [-0.05, 0) is 57.7 Å². The van der Waals surface area contributed by atoms with E-state index < -0.39 is 18.2 Å². The molecular formula is C45H66N6O8S. The minimum absolute atomic E-state index is 0.00412. The van der Waals surface area contributed by atoms with Gasteiger partial charge in [0.15, 0.2) is 0 Å². The van der Waals surface area contributed by atoms with Gasteiger partial charge in [0.05, 0.1) is 11.7 Å². The Bertz CT molecular complexity index is 1800. The number of nitrogens with one attached hydrogen (secondary N) is 1. The van der Waals surface area contributed by atoms with Crippen molar-refractivity contribution < 1.29 is 38.2 Å². The smallest absolute Gasteiger partial charge is 0.306 e. The normalized spacial score (nSPS) is 19.8. The second kappa shape index (κ2) is 22.6. The van der Waals surface area contributed by atoms with Crippen LogP contribution in [0.15, 0.2) is 52.9 Å². The number of ether oxygens (including phenoxy) is 3. The summed E-state index contributed by atoms with van der Waals surface area (Å²) in [5.74, 6) is -1.77. The fraction of sp³-hybridized carbons (Fsp3) is 0.622. The topological polar surface area (TPSA) is 163 Å². The number of benzene rings is 1. The zero-order chi connectivity index (χ0) is 44.3. The first-order valence-corrected chi connectivity index (χ1v) is 22.2. The Morgan fingerprint density at radius 2 is 1.63 bits per heavy atom. The summed E-state index contributed by atoms with van der Waals surface area (Å²) in [5, 5.41) is 6.16. The molecule has 60 heavy (non-hydrogen) atoms. The minimum atomic E-state index is -0.508. The highest BCUT2D eigenvalue weighted by molar-refractivity contribution is 7.09. The molecule has 14 nitrogen and oxygen atoms in total. The molecule has 0 spiro atoms. The van der Waals surface area contributed by atoms with Crippen LogP contribution in [0.5, 0.6) is 0 Å². The Morgan fingerprint density at radius 3 is 2.22 bits per heavy atom. The van der Waals surface area contributed by atoms with Crippen molar-refractivity contribution in [1.29, 1.82) is 0 Å². The Kier molecular flexibility index (Phi) is 18.3. The van der Waals surface area contributed by atoms with Crippen molar-refractivity contribution in [3.05, 3.63) is 64.1 Å². The van der Waals surface area contributed by atoms with Crippen LogP contribution in [-0.2, 0) is 38.2 Å². The van der Waals surface area contributed by atoms with Gasteiger partial charge in [-0.25, -0.2) is 9.98 Å². The van der Waals surface area contributed by atoms with Crippen LogP contribution in [-0.4, -0.2) is 114 Å². The summed E-state index contributed by atoms with van der Waals surface area (Å²) in [5.41, 5.74) is 1.87. The lowest BCUT2D eigenvalue weighted by molar-refractivity contribution is -0.150. The molecular weight excluding hydrogens is 785 g/mol. The molecule has 4 rings (SSSR count). The van der Waals surface area contributed by atoms with Crippen molar-refractivity contribution >= 4 is 46.6 Å². The number of amides is 4. The van der Waals surface area contributed by atoms with E-state index in [1.54, 1.807) is 18.9 Å². The maximum Gasteiger partial charge on any atom is 0.306 e. The fourth-order valence-electron chi connectivity index (χ4n) is 7.48. The van der Waals surface area contributed by atoms with Gasteiger partial charge in [-0.3, -0.25) is 39.1 Å². The molecule has 1 aromatic carbocycles. The summed E-state index contributed by atoms with van der Waals surface area (Å²) in [6, 6.07) is 8.59. The van der Waals surface area contributed by atoms with Gasteiger partial charge in [-0.2, -0.15) is 0 Å². The second-order valence-corrected chi connectivity index (χ2v) is 17.6. The van der Waals surface area contributed by atoms with Crippen LogP contribution in [0.3, 0.4) is 0 Å². The highest BCUT2D eigenvalue weighted by Crippen LogP contribution is 2.40. The van der Waals surface area contributed by atoms with Gasteiger partial charge in [-0.1, -0.05) is 78.8 Å². The zero-order valence-corrected chi connectivity index (χ0v) is 38.1. The maximum atomic E-state index is 14.4. The highest BCUT2D eigenvalue weighted by atomic mass is 32.1. The molecule has 1 saturated heterocycles. The number of epoxide rings is 1. The summed E-state index contributed by atoms with van der Waals surface area (Å²) < 4.78 is 18.5. The molecule has 1 fully saturated rings. The Hall–Kier alpha value is -4.15. The molecule has 4 amide bonds. The first-order valence-electron chi connectivity index (χ1n) is 21.3. The third-order valence-electron chi connectivity index (χ3n) is 11.2. The van der Waals surface area contributed by atoms with Gasteiger partial charge in [0, 0.05) is 68.6 Å². The number of aliphatic imine (C=N–C) groups is 1. The maximum absolute atomic E-state index is 14.4. The van der Waals surface area contributed by atoms with Gasteiger partial charge in [-0.15, -0.1) is 11.3 Å². The number of unbranched alkanes of at least 4 members (excludes halogenated alkanes) is 1. The summed E-state index contributed by atoms with van der Waals surface area (Å²) >= 11 is 1.46. The predicted octanol–water partition coefficient (Wildman–Crippen LogP) is 6.45. The monoisotopic (exact) mass is 850 g/mol. The fourth-order valence-corrected chi connectivity index (χ4v) is 8.39. The molecule has 2 aromatic rings. The van der Waals surface area contributed by atoms with Crippen molar-refractivity contribution in [3.8, 4) is 0 Å². The molecule has 330 valence electrons. The molecule has 2 aliphatic rings. The van der Waals surface area contributed by atoms with Crippen LogP contribution in [0.1, 0.15) is 122 Å². The van der Waals surface area contributed by atoms with E-state index in [9.17, 15) is 24.0 Å². The lowest BCUT2D eigenvalue weighted by atomic mass is 9.94. The van der Waals surface area contributed by atoms with Crippen LogP contribution in [0.2, 0.25) is 0 Å². The molecule has 8 atom stereocenters. The molecule has 2 aliphatic heterocycles. The largest absolute Gasteiger partial charge is 0.456 e. The number of hydrogen-bond donors (Lipinski definition) is 1. The summed E-state index contributed by atoms with van der Waals surface area (Å²) in [7, 11) is 5.45. The Labute approximate surface area is 360 Å². The number of imide groups is 1. The quantitative estimate of drug-likeness (QED) is 0.0406. The standard InChI is InChI=1S/C45H66N6O8S/c1-12-29(7)38(48-42(55)39(28(5)6)49(9)10)45(56)50(11)33(27(3)4)25-34(57-24-18-17-23-51-35(52)21-22-36(51)53)44-47-32(26-60-44)41-43(59-41)46-30(8)40(58-37(54)13-2)31-19-15-14-16-20-31/h14-16,19-22,26-30,33-34,39-41,43,46H,12-13,17-18,23-25H2,1-11H3/b48-38+/t29-,30+,33+,34+,39?,40?,41?,43?/m0/s1. The summed E-state index contributed by atoms with van der Waals surface area (Å²) in [6.45, 7) is 16.3. The SMILES string of the molecule is CCC(=O)OC(c1ccccc1)[C@@H](C)NC1OC1c1csc([C@@H](C[C@H](C(C)C)N(C)C(=O)/C(=N/C(=O)C(C(C)C)N(C)C)[C@@H](C)CC)OCCCCN2C(=O)C=CC2=O)n1. The second-order valence-electron chi connectivity index (χ2n) is 16.7. The molecule has 0 saturated carbocycles. The number of esters is 1. The molecule has 4 unspecified atom stereocenters. The van der Waals surface area contributed by atoms with Crippen molar-refractivity contribution in [1.82, 2.24) is 25.0 Å². The molecule has 3 heterocycles.